The highest BCUT2D eigenvalue weighted by atomic mass is 16.3. The lowest BCUT2D eigenvalue weighted by atomic mass is 9.80. The van der Waals surface area contributed by atoms with E-state index in [2.05, 4.69) is 23.5 Å². The van der Waals surface area contributed by atoms with Crippen LogP contribution >= 0.6 is 0 Å². The van der Waals surface area contributed by atoms with Crippen LogP contribution in [0.5, 0.6) is 0 Å². The molecule has 2 aliphatic rings. The fourth-order valence-electron chi connectivity index (χ4n) is 3.02. The van der Waals surface area contributed by atoms with Crippen LogP contribution in [0.2, 0.25) is 0 Å². The fourth-order valence-corrected chi connectivity index (χ4v) is 3.02. The minimum Gasteiger partial charge on any atom is -0.388 e. The monoisotopic (exact) mass is 245 g/mol. The molecular weight excluding hydrogens is 222 g/mol. The number of aryl methyl sites for hydroxylation is 1. The zero-order chi connectivity index (χ0) is 12.4. The van der Waals surface area contributed by atoms with E-state index in [0.29, 0.717) is 5.92 Å². The number of aliphatic hydroxyl groups excluding tert-OH is 1. The highest BCUT2D eigenvalue weighted by molar-refractivity contribution is 5.31. The summed E-state index contributed by atoms with van der Waals surface area (Å²) < 4.78 is 0. The Bertz CT molecular complexity index is 400. The number of aliphatic hydroxyl groups is 1. The molecule has 2 N–H and O–H groups in total. The third kappa shape index (κ3) is 2.76. The first kappa shape index (κ1) is 12.2. The van der Waals surface area contributed by atoms with Gasteiger partial charge in [-0.25, -0.2) is 0 Å². The molecule has 1 aromatic rings. The van der Waals surface area contributed by atoms with Crippen LogP contribution in [-0.2, 0) is 6.42 Å². The molecule has 0 amide bonds. The van der Waals surface area contributed by atoms with Gasteiger partial charge in [-0.05, 0) is 68.2 Å². The molecule has 2 unspecified atom stereocenters. The summed E-state index contributed by atoms with van der Waals surface area (Å²) >= 11 is 0. The van der Waals surface area contributed by atoms with Gasteiger partial charge in [-0.15, -0.1) is 0 Å². The lowest BCUT2D eigenvalue weighted by Crippen LogP contribution is -2.26. The van der Waals surface area contributed by atoms with Gasteiger partial charge in [0.05, 0.1) is 6.10 Å². The van der Waals surface area contributed by atoms with E-state index in [1.54, 1.807) is 0 Å². The number of fused-ring (bicyclic) bond motifs is 1. The van der Waals surface area contributed by atoms with Crippen molar-refractivity contribution in [2.75, 3.05) is 13.1 Å². The molecular formula is C16H23NO. The van der Waals surface area contributed by atoms with Crippen molar-refractivity contribution in [3.05, 3.63) is 35.4 Å². The predicted octanol–water partition coefficient (Wildman–Crippen LogP) is 2.67. The second-order valence-electron chi connectivity index (χ2n) is 5.88. The zero-order valence-corrected chi connectivity index (χ0v) is 10.9. The Morgan fingerprint density at radius 1 is 1.17 bits per heavy atom. The Morgan fingerprint density at radius 3 is 2.83 bits per heavy atom. The maximum Gasteiger partial charge on any atom is 0.0821 e. The van der Waals surface area contributed by atoms with Crippen molar-refractivity contribution in [3.63, 3.8) is 0 Å². The zero-order valence-electron chi connectivity index (χ0n) is 10.9. The van der Waals surface area contributed by atoms with Gasteiger partial charge in [0.15, 0.2) is 0 Å². The molecule has 1 saturated carbocycles. The number of rotatable bonds is 5. The molecule has 98 valence electrons. The number of hydrogen-bond acceptors (Lipinski definition) is 2. The molecule has 0 radical (unpaired) electrons. The van der Waals surface area contributed by atoms with E-state index in [-0.39, 0.29) is 6.10 Å². The van der Waals surface area contributed by atoms with Gasteiger partial charge in [0, 0.05) is 0 Å². The average Bonchev–Trinajstić information content (AvgIpc) is 3.21. The average molecular weight is 245 g/mol. The van der Waals surface area contributed by atoms with Crippen LogP contribution in [0.15, 0.2) is 24.3 Å². The molecule has 2 heteroatoms. The quantitative estimate of drug-likeness (QED) is 0.782. The number of benzene rings is 1. The molecule has 0 saturated heterocycles. The Labute approximate surface area is 109 Å². The van der Waals surface area contributed by atoms with Gasteiger partial charge in [-0.3, -0.25) is 0 Å². The minimum atomic E-state index is -0.252. The first-order valence-electron chi connectivity index (χ1n) is 7.31. The lowest BCUT2D eigenvalue weighted by Gasteiger charge is -2.30. The summed E-state index contributed by atoms with van der Waals surface area (Å²) in [6.07, 6.45) is 5.92. The van der Waals surface area contributed by atoms with Crippen LogP contribution in [0.1, 0.15) is 42.9 Å². The summed E-state index contributed by atoms with van der Waals surface area (Å²) in [4.78, 5) is 0. The summed E-state index contributed by atoms with van der Waals surface area (Å²) in [6.45, 7) is 2.24. The van der Waals surface area contributed by atoms with Crippen LogP contribution in [-0.4, -0.2) is 18.2 Å². The highest BCUT2D eigenvalue weighted by Crippen LogP contribution is 2.35. The second-order valence-corrected chi connectivity index (χ2v) is 5.88. The van der Waals surface area contributed by atoms with E-state index in [9.17, 15) is 5.11 Å². The van der Waals surface area contributed by atoms with E-state index < -0.39 is 0 Å². The molecule has 2 atom stereocenters. The van der Waals surface area contributed by atoms with Crippen molar-refractivity contribution >= 4 is 0 Å². The van der Waals surface area contributed by atoms with Crippen molar-refractivity contribution in [1.82, 2.24) is 5.32 Å². The van der Waals surface area contributed by atoms with E-state index in [4.69, 9.17) is 0 Å². The largest absolute Gasteiger partial charge is 0.388 e. The number of hydrogen-bond donors (Lipinski definition) is 2. The van der Waals surface area contributed by atoms with Gasteiger partial charge < -0.3 is 10.4 Å². The van der Waals surface area contributed by atoms with Gasteiger partial charge in [0.2, 0.25) is 0 Å². The molecule has 0 heterocycles. The fraction of sp³-hybridized carbons (Fsp3) is 0.625. The molecule has 2 nitrogen and oxygen atoms in total. The SMILES string of the molecule is OC1c2ccccc2CCC1CCNCC1CC1. The van der Waals surface area contributed by atoms with Crippen molar-refractivity contribution in [2.45, 2.75) is 38.2 Å². The Balaban J connectivity index is 1.51. The van der Waals surface area contributed by atoms with E-state index in [1.807, 2.05) is 6.07 Å². The van der Waals surface area contributed by atoms with Crippen LogP contribution in [0.25, 0.3) is 0 Å². The normalized spacial score (nSPS) is 26.9. The minimum absolute atomic E-state index is 0.252. The van der Waals surface area contributed by atoms with Crippen LogP contribution in [0.4, 0.5) is 0 Å². The van der Waals surface area contributed by atoms with E-state index in [0.717, 1.165) is 37.3 Å². The molecule has 0 spiro atoms. The molecule has 3 rings (SSSR count). The summed E-state index contributed by atoms with van der Waals surface area (Å²) in [5.41, 5.74) is 2.50. The number of nitrogens with one attached hydrogen (secondary N) is 1. The maximum absolute atomic E-state index is 10.4. The van der Waals surface area contributed by atoms with Gasteiger partial charge in [0.25, 0.3) is 0 Å². The van der Waals surface area contributed by atoms with Gasteiger partial charge in [-0.2, -0.15) is 0 Å². The Morgan fingerprint density at radius 2 is 2.00 bits per heavy atom. The third-order valence-electron chi connectivity index (χ3n) is 4.43. The van der Waals surface area contributed by atoms with Crippen LogP contribution < -0.4 is 5.32 Å². The smallest absolute Gasteiger partial charge is 0.0821 e. The molecule has 1 aromatic carbocycles. The maximum atomic E-state index is 10.4. The van der Waals surface area contributed by atoms with E-state index in [1.165, 1.54) is 24.9 Å². The second kappa shape index (κ2) is 5.41. The first-order chi connectivity index (χ1) is 8.84. The molecule has 1 fully saturated rings. The standard InChI is InChI=1S/C16H23NO/c18-16-14(9-10-17-11-12-5-6-12)8-7-13-3-1-2-4-15(13)16/h1-4,12,14,16-18H,5-11H2. The van der Waals surface area contributed by atoms with Gasteiger partial charge in [-0.1, -0.05) is 24.3 Å². The van der Waals surface area contributed by atoms with Crippen molar-refractivity contribution in [3.8, 4) is 0 Å². The third-order valence-corrected chi connectivity index (χ3v) is 4.43. The van der Waals surface area contributed by atoms with Crippen LogP contribution in [0, 0.1) is 11.8 Å². The Kier molecular flexibility index (Phi) is 3.67. The van der Waals surface area contributed by atoms with Gasteiger partial charge >= 0.3 is 0 Å². The van der Waals surface area contributed by atoms with Gasteiger partial charge in [0.1, 0.15) is 0 Å². The summed E-state index contributed by atoms with van der Waals surface area (Å²) in [7, 11) is 0. The summed E-state index contributed by atoms with van der Waals surface area (Å²) in [5.74, 6) is 1.38. The predicted molar refractivity (Wildman–Crippen MR) is 73.4 cm³/mol. The molecule has 0 aromatic heterocycles. The van der Waals surface area contributed by atoms with Crippen molar-refractivity contribution in [2.24, 2.45) is 11.8 Å². The van der Waals surface area contributed by atoms with Crippen LogP contribution in [0.3, 0.4) is 0 Å². The molecule has 2 aliphatic carbocycles. The molecule has 0 aliphatic heterocycles. The summed E-state index contributed by atoms with van der Waals surface area (Å²) in [5, 5.41) is 13.9. The topological polar surface area (TPSA) is 32.3 Å². The lowest BCUT2D eigenvalue weighted by molar-refractivity contribution is 0.0885. The molecule has 0 bridgehead atoms. The highest BCUT2D eigenvalue weighted by Gasteiger charge is 2.27. The van der Waals surface area contributed by atoms with E-state index >= 15 is 0 Å². The van der Waals surface area contributed by atoms with Crippen molar-refractivity contribution < 1.29 is 5.11 Å². The first-order valence-corrected chi connectivity index (χ1v) is 7.31. The van der Waals surface area contributed by atoms with Crippen molar-refractivity contribution in [1.29, 1.82) is 0 Å². The Hall–Kier alpha value is -0.860. The summed E-state index contributed by atoms with van der Waals surface area (Å²) in [6, 6.07) is 8.35. The molecule has 18 heavy (non-hydrogen) atoms.